The Labute approximate surface area is 156 Å². The van der Waals surface area contributed by atoms with Gasteiger partial charge in [-0.2, -0.15) is 0 Å². The second kappa shape index (κ2) is 8.93. The molecule has 0 bridgehead atoms. The van der Waals surface area contributed by atoms with Crippen molar-refractivity contribution in [2.75, 3.05) is 18.2 Å². The molecule has 140 valence electrons. The molecule has 2 aromatic rings. The molecule has 0 aliphatic heterocycles. The average Bonchev–Trinajstić information content (AvgIpc) is 3.03. The third-order valence-electron chi connectivity index (χ3n) is 4.55. The molecule has 1 aromatic carbocycles. The number of hydrogen-bond acceptors (Lipinski definition) is 6. The molecule has 3 rings (SSSR count). The number of aromatic carboxylic acids is 1. The van der Waals surface area contributed by atoms with Crippen molar-refractivity contribution in [1.82, 2.24) is 14.9 Å². The first kappa shape index (κ1) is 18.6. The number of carboxylic acids is 1. The van der Waals surface area contributed by atoms with Gasteiger partial charge >= 0.3 is 5.97 Å². The molecule has 1 aliphatic carbocycles. The summed E-state index contributed by atoms with van der Waals surface area (Å²) in [7, 11) is 0. The van der Waals surface area contributed by atoms with E-state index in [0.717, 1.165) is 36.0 Å². The van der Waals surface area contributed by atoms with Crippen molar-refractivity contribution in [1.29, 1.82) is 0 Å². The Morgan fingerprint density at radius 2 is 1.96 bits per heavy atom. The second-order valence-corrected chi connectivity index (χ2v) is 7.49. The summed E-state index contributed by atoms with van der Waals surface area (Å²) in [5.74, 6) is 8.07. The molecule has 8 heteroatoms. The Kier molecular flexibility index (Phi) is 6.38. The summed E-state index contributed by atoms with van der Waals surface area (Å²) >= 11 is 1.58. The van der Waals surface area contributed by atoms with E-state index in [0.29, 0.717) is 18.3 Å². The van der Waals surface area contributed by atoms with Gasteiger partial charge in [0.15, 0.2) is 5.82 Å². The third kappa shape index (κ3) is 4.69. The van der Waals surface area contributed by atoms with E-state index in [1.807, 2.05) is 0 Å². The fraction of sp³-hybridized carbons (Fsp3) is 0.500. The van der Waals surface area contributed by atoms with Crippen molar-refractivity contribution in [2.24, 2.45) is 0 Å². The zero-order valence-corrected chi connectivity index (χ0v) is 15.5. The van der Waals surface area contributed by atoms with Crippen LogP contribution in [0.15, 0.2) is 29.4 Å². The molecule has 7 nitrogen and oxygen atoms in total. The van der Waals surface area contributed by atoms with Crippen LogP contribution < -0.4 is 10.6 Å². The van der Waals surface area contributed by atoms with Crippen LogP contribution in [0, 0.1) is 0 Å². The number of nitrogen functional groups attached to an aromatic ring is 1. The van der Waals surface area contributed by atoms with Gasteiger partial charge in [0, 0.05) is 11.7 Å². The van der Waals surface area contributed by atoms with Crippen molar-refractivity contribution in [3.8, 4) is 5.75 Å². The molecule has 26 heavy (non-hydrogen) atoms. The van der Waals surface area contributed by atoms with Crippen molar-refractivity contribution in [3.05, 3.63) is 35.7 Å². The van der Waals surface area contributed by atoms with Gasteiger partial charge in [-0.25, -0.2) is 9.47 Å². The lowest BCUT2D eigenvalue weighted by molar-refractivity contribution is 0.0697. The molecule has 1 saturated carbocycles. The van der Waals surface area contributed by atoms with Gasteiger partial charge in [-0.15, -0.1) is 10.2 Å². The zero-order valence-electron chi connectivity index (χ0n) is 14.6. The SMILES string of the molecule is Nn1c(SCCCOc2ccc(C(=O)O)cc2)nnc1C1CCCCC1. The van der Waals surface area contributed by atoms with Crippen LogP contribution in [0.3, 0.4) is 0 Å². The summed E-state index contributed by atoms with van der Waals surface area (Å²) in [6.07, 6.45) is 6.91. The molecule has 1 aromatic heterocycles. The topological polar surface area (TPSA) is 103 Å². The van der Waals surface area contributed by atoms with Crippen molar-refractivity contribution >= 4 is 17.7 Å². The molecule has 0 unspecified atom stereocenters. The van der Waals surface area contributed by atoms with E-state index < -0.39 is 5.97 Å². The Hall–Kier alpha value is -2.22. The minimum Gasteiger partial charge on any atom is -0.494 e. The van der Waals surface area contributed by atoms with Gasteiger partial charge in [-0.05, 0) is 43.5 Å². The number of carbonyl (C=O) groups is 1. The number of nitrogens with two attached hydrogens (primary N) is 1. The van der Waals surface area contributed by atoms with Gasteiger partial charge in [0.2, 0.25) is 5.16 Å². The number of aromatic nitrogens is 3. The predicted octanol–water partition coefficient (Wildman–Crippen LogP) is 3.30. The highest BCUT2D eigenvalue weighted by Crippen LogP contribution is 2.32. The smallest absolute Gasteiger partial charge is 0.335 e. The molecule has 0 spiro atoms. The van der Waals surface area contributed by atoms with E-state index >= 15 is 0 Å². The standard InChI is InChI=1S/C18H24N4O3S/c19-22-16(13-5-2-1-3-6-13)20-21-18(22)26-12-4-11-25-15-9-7-14(8-10-15)17(23)24/h7-10,13H,1-6,11-12,19H2,(H,23,24). The third-order valence-corrected chi connectivity index (χ3v) is 5.58. The number of hydrogen-bond donors (Lipinski definition) is 2. The number of thioether (sulfide) groups is 1. The van der Waals surface area contributed by atoms with Crippen LogP contribution in [0.4, 0.5) is 0 Å². The largest absolute Gasteiger partial charge is 0.494 e. The Balaban J connectivity index is 1.41. The summed E-state index contributed by atoms with van der Waals surface area (Å²) in [5, 5.41) is 18.1. The molecule has 1 aliphatic rings. The maximum absolute atomic E-state index is 10.8. The average molecular weight is 376 g/mol. The van der Waals surface area contributed by atoms with E-state index in [9.17, 15) is 4.79 Å². The molecular formula is C18H24N4O3S. The highest BCUT2D eigenvalue weighted by molar-refractivity contribution is 7.99. The van der Waals surface area contributed by atoms with Gasteiger partial charge < -0.3 is 15.7 Å². The number of rotatable bonds is 8. The fourth-order valence-electron chi connectivity index (χ4n) is 3.13. The fourth-order valence-corrected chi connectivity index (χ4v) is 3.91. The van der Waals surface area contributed by atoms with E-state index in [2.05, 4.69) is 10.2 Å². The number of carboxylic acid groups (broad SMARTS) is 1. The van der Waals surface area contributed by atoms with Crippen molar-refractivity contribution in [3.63, 3.8) is 0 Å². The van der Waals surface area contributed by atoms with Crippen molar-refractivity contribution in [2.45, 2.75) is 49.6 Å². The molecule has 0 radical (unpaired) electrons. The number of benzene rings is 1. The van der Waals surface area contributed by atoms with E-state index in [-0.39, 0.29) is 5.56 Å². The van der Waals surface area contributed by atoms with E-state index in [1.54, 1.807) is 28.6 Å². The Bertz CT molecular complexity index is 727. The molecule has 0 atom stereocenters. The first-order valence-electron chi connectivity index (χ1n) is 8.94. The Morgan fingerprint density at radius 3 is 2.65 bits per heavy atom. The van der Waals surface area contributed by atoms with E-state index in [4.69, 9.17) is 15.7 Å². The molecule has 1 fully saturated rings. The lowest BCUT2D eigenvalue weighted by Gasteiger charge is -2.20. The van der Waals surface area contributed by atoms with Crippen LogP contribution in [-0.2, 0) is 0 Å². The molecule has 1 heterocycles. The zero-order chi connectivity index (χ0) is 18.4. The monoisotopic (exact) mass is 376 g/mol. The summed E-state index contributed by atoms with van der Waals surface area (Å²) in [4.78, 5) is 10.8. The summed E-state index contributed by atoms with van der Waals surface area (Å²) in [5.41, 5.74) is 0.254. The first-order valence-corrected chi connectivity index (χ1v) is 9.93. The van der Waals surface area contributed by atoms with Gasteiger partial charge in [-0.3, -0.25) is 0 Å². The lowest BCUT2D eigenvalue weighted by atomic mass is 9.89. The lowest BCUT2D eigenvalue weighted by Crippen LogP contribution is -2.18. The first-order chi connectivity index (χ1) is 12.6. The quantitative estimate of drug-likeness (QED) is 0.414. The summed E-state index contributed by atoms with van der Waals surface area (Å²) in [6, 6.07) is 6.42. The maximum Gasteiger partial charge on any atom is 0.335 e. The van der Waals surface area contributed by atoms with Crippen LogP contribution in [0.2, 0.25) is 0 Å². The normalized spacial score (nSPS) is 15.1. The van der Waals surface area contributed by atoms with Gasteiger partial charge in [0.25, 0.3) is 0 Å². The van der Waals surface area contributed by atoms with Gasteiger partial charge in [0.1, 0.15) is 5.75 Å². The van der Waals surface area contributed by atoms with Gasteiger partial charge in [-0.1, -0.05) is 31.0 Å². The minimum atomic E-state index is -0.938. The minimum absolute atomic E-state index is 0.254. The van der Waals surface area contributed by atoms with Crippen LogP contribution in [0.5, 0.6) is 5.75 Å². The van der Waals surface area contributed by atoms with Crippen LogP contribution in [0.25, 0.3) is 0 Å². The highest BCUT2D eigenvalue weighted by Gasteiger charge is 2.22. The second-order valence-electron chi connectivity index (χ2n) is 6.43. The van der Waals surface area contributed by atoms with E-state index in [1.165, 1.54) is 31.4 Å². The molecule has 3 N–H and O–H groups in total. The number of ether oxygens (including phenoxy) is 1. The van der Waals surface area contributed by atoms with Gasteiger partial charge in [0.05, 0.1) is 12.2 Å². The van der Waals surface area contributed by atoms with Crippen LogP contribution in [-0.4, -0.2) is 38.3 Å². The summed E-state index contributed by atoms with van der Waals surface area (Å²) in [6.45, 7) is 0.549. The predicted molar refractivity (Wildman–Crippen MR) is 100 cm³/mol. The molecule has 0 amide bonds. The highest BCUT2D eigenvalue weighted by atomic mass is 32.2. The molecule has 0 saturated heterocycles. The van der Waals surface area contributed by atoms with Crippen LogP contribution >= 0.6 is 11.8 Å². The maximum atomic E-state index is 10.8. The Morgan fingerprint density at radius 1 is 1.23 bits per heavy atom. The van der Waals surface area contributed by atoms with Crippen molar-refractivity contribution < 1.29 is 14.6 Å². The van der Waals surface area contributed by atoms with Crippen LogP contribution in [0.1, 0.15) is 60.6 Å². The number of nitrogens with zero attached hydrogens (tertiary/aromatic N) is 3. The summed E-state index contributed by atoms with van der Waals surface area (Å²) < 4.78 is 7.27. The molecular weight excluding hydrogens is 352 g/mol.